The lowest BCUT2D eigenvalue weighted by molar-refractivity contribution is 0.137. The summed E-state index contributed by atoms with van der Waals surface area (Å²) in [6, 6.07) is 3.47. The van der Waals surface area contributed by atoms with Crippen LogP contribution in [0.15, 0.2) is 16.6 Å². The van der Waals surface area contributed by atoms with Crippen LogP contribution in [0, 0.1) is 0 Å². The molecule has 0 atom stereocenters. The molecule has 0 spiro atoms. The second-order valence-electron chi connectivity index (χ2n) is 3.28. The van der Waals surface area contributed by atoms with Gasteiger partial charge in [-0.1, -0.05) is 0 Å². The molecule has 1 aromatic heterocycles. The molecule has 2 rings (SSSR count). The van der Waals surface area contributed by atoms with Crippen LogP contribution in [0.25, 0.3) is 11.0 Å². The van der Waals surface area contributed by atoms with Crippen LogP contribution in [0.1, 0.15) is 12.2 Å². The zero-order valence-corrected chi connectivity index (χ0v) is 10.3. The van der Waals surface area contributed by atoms with Crippen LogP contribution in [-0.2, 0) is 7.05 Å². The molecule has 3 nitrogen and oxygen atoms in total. The van der Waals surface area contributed by atoms with Gasteiger partial charge in [0.15, 0.2) is 11.6 Å². The predicted molar refractivity (Wildman–Crippen MR) is 59.9 cm³/mol. The van der Waals surface area contributed by atoms with Gasteiger partial charge in [0.25, 0.3) is 6.43 Å². The Morgan fingerprint density at radius 3 is 2.69 bits per heavy atom. The van der Waals surface area contributed by atoms with E-state index < -0.39 is 6.43 Å². The van der Waals surface area contributed by atoms with Crippen LogP contribution in [0.5, 0.6) is 5.75 Å². The Balaban J connectivity index is 2.80. The SMILES string of the molecule is COc1c(Br)ccc2c1nc(C(F)F)n2C. The largest absolute Gasteiger partial charge is 0.493 e. The lowest BCUT2D eigenvalue weighted by atomic mass is 10.3. The standard InChI is InChI=1S/C10H9BrF2N2O/c1-15-6-4-3-5(11)8(16-2)7(6)14-10(15)9(12)13/h3-4,9H,1-2H3. The highest BCUT2D eigenvalue weighted by Crippen LogP contribution is 2.34. The summed E-state index contributed by atoms with van der Waals surface area (Å²) in [5.41, 5.74) is 1.06. The first-order chi connectivity index (χ1) is 7.56. The molecule has 2 aromatic rings. The summed E-state index contributed by atoms with van der Waals surface area (Å²) in [6.45, 7) is 0. The normalized spacial score (nSPS) is 11.4. The van der Waals surface area contributed by atoms with Gasteiger partial charge in [-0.15, -0.1) is 0 Å². The Hall–Kier alpha value is -1.17. The maximum Gasteiger partial charge on any atom is 0.295 e. The Morgan fingerprint density at radius 2 is 2.12 bits per heavy atom. The minimum absolute atomic E-state index is 0.258. The molecular weight excluding hydrogens is 282 g/mol. The van der Waals surface area contributed by atoms with Crippen molar-refractivity contribution < 1.29 is 13.5 Å². The summed E-state index contributed by atoms with van der Waals surface area (Å²) in [5, 5.41) is 0. The van der Waals surface area contributed by atoms with Crippen LogP contribution >= 0.6 is 15.9 Å². The highest BCUT2D eigenvalue weighted by atomic mass is 79.9. The number of imidazole rings is 1. The molecule has 6 heteroatoms. The number of methoxy groups -OCH3 is 1. The second kappa shape index (κ2) is 4.01. The molecule has 0 bridgehead atoms. The zero-order chi connectivity index (χ0) is 11.9. The van der Waals surface area contributed by atoms with E-state index in [4.69, 9.17) is 4.74 Å². The van der Waals surface area contributed by atoms with Crippen LogP contribution in [-0.4, -0.2) is 16.7 Å². The van der Waals surface area contributed by atoms with E-state index in [1.165, 1.54) is 11.7 Å². The van der Waals surface area contributed by atoms with E-state index in [1.807, 2.05) is 0 Å². The van der Waals surface area contributed by atoms with Crippen LogP contribution in [0.2, 0.25) is 0 Å². The Bertz CT molecular complexity index is 539. The smallest absolute Gasteiger partial charge is 0.295 e. The number of halogens is 3. The molecular formula is C10H9BrF2N2O. The first-order valence-corrected chi connectivity index (χ1v) is 5.32. The van der Waals surface area contributed by atoms with Crippen molar-refractivity contribution in [1.82, 2.24) is 9.55 Å². The molecule has 0 fully saturated rings. The number of hydrogen-bond donors (Lipinski definition) is 0. The quantitative estimate of drug-likeness (QED) is 0.849. The average Bonchev–Trinajstić information content (AvgIpc) is 2.56. The average molecular weight is 291 g/mol. The number of alkyl halides is 2. The monoisotopic (exact) mass is 290 g/mol. The zero-order valence-electron chi connectivity index (χ0n) is 8.67. The number of ether oxygens (including phenoxy) is 1. The van der Waals surface area contributed by atoms with Gasteiger partial charge in [0, 0.05) is 7.05 Å². The summed E-state index contributed by atoms with van der Waals surface area (Å²) in [7, 11) is 3.04. The molecule has 1 heterocycles. The van der Waals surface area contributed by atoms with Gasteiger partial charge in [-0.3, -0.25) is 0 Å². The molecule has 86 valence electrons. The van der Waals surface area contributed by atoms with Crippen LogP contribution < -0.4 is 4.74 Å². The molecule has 16 heavy (non-hydrogen) atoms. The number of aromatic nitrogens is 2. The summed E-state index contributed by atoms with van der Waals surface area (Å²) in [5.74, 6) is 0.214. The fourth-order valence-electron chi connectivity index (χ4n) is 1.62. The molecule has 0 N–H and O–H groups in total. The van der Waals surface area contributed by atoms with Gasteiger partial charge in [0.05, 0.1) is 17.1 Å². The minimum Gasteiger partial charge on any atom is -0.493 e. The van der Waals surface area contributed by atoms with Crippen molar-refractivity contribution in [2.75, 3.05) is 7.11 Å². The number of benzene rings is 1. The molecule has 0 aliphatic carbocycles. The first kappa shape index (κ1) is 11.3. The Labute approximate surface area is 99.2 Å². The van der Waals surface area contributed by atoms with Gasteiger partial charge in [-0.05, 0) is 28.1 Å². The van der Waals surface area contributed by atoms with Gasteiger partial charge in [0.1, 0.15) is 5.52 Å². The Morgan fingerprint density at radius 1 is 1.44 bits per heavy atom. The van der Waals surface area contributed by atoms with Crippen LogP contribution in [0.4, 0.5) is 8.78 Å². The Kier molecular flexibility index (Phi) is 2.84. The maximum atomic E-state index is 12.7. The van der Waals surface area contributed by atoms with Gasteiger partial charge >= 0.3 is 0 Å². The molecule has 0 aliphatic heterocycles. The van der Waals surface area contributed by atoms with Crippen molar-refractivity contribution in [2.45, 2.75) is 6.43 Å². The lowest BCUT2D eigenvalue weighted by Gasteiger charge is -2.03. The number of fused-ring (bicyclic) bond motifs is 1. The third-order valence-corrected chi connectivity index (χ3v) is 3.02. The fraction of sp³-hybridized carbons (Fsp3) is 0.300. The van der Waals surface area contributed by atoms with E-state index in [9.17, 15) is 8.78 Å². The molecule has 0 saturated carbocycles. The highest BCUT2D eigenvalue weighted by Gasteiger charge is 2.19. The number of rotatable bonds is 2. The van der Waals surface area contributed by atoms with E-state index >= 15 is 0 Å². The summed E-state index contributed by atoms with van der Waals surface area (Å²) in [4.78, 5) is 3.90. The molecule has 0 radical (unpaired) electrons. The van der Waals surface area contributed by atoms with E-state index in [0.717, 1.165) is 0 Å². The van der Waals surface area contributed by atoms with Crippen molar-refractivity contribution in [3.8, 4) is 5.75 Å². The molecule has 0 aliphatic rings. The van der Waals surface area contributed by atoms with Crippen molar-refractivity contribution in [3.05, 3.63) is 22.4 Å². The van der Waals surface area contributed by atoms with Gasteiger partial charge in [0.2, 0.25) is 0 Å². The van der Waals surface area contributed by atoms with Crippen molar-refractivity contribution in [2.24, 2.45) is 7.05 Å². The topological polar surface area (TPSA) is 27.1 Å². The summed E-state index contributed by atoms with van der Waals surface area (Å²) >= 11 is 3.29. The third-order valence-electron chi connectivity index (χ3n) is 2.39. The van der Waals surface area contributed by atoms with Gasteiger partial charge < -0.3 is 9.30 Å². The highest BCUT2D eigenvalue weighted by molar-refractivity contribution is 9.10. The fourth-order valence-corrected chi connectivity index (χ4v) is 2.10. The lowest BCUT2D eigenvalue weighted by Crippen LogP contribution is -1.97. The minimum atomic E-state index is -2.60. The van der Waals surface area contributed by atoms with Gasteiger partial charge in [-0.2, -0.15) is 0 Å². The van der Waals surface area contributed by atoms with E-state index in [-0.39, 0.29) is 5.82 Å². The van der Waals surface area contributed by atoms with Gasteiger partial charge in [-0.25, -0.2) is 13.8 Å². The molecule has 1 aromatic carbocycles. The summed E-state index contributed by atoms with van der Waals surface area (Å²) < 4.78 is 32.5. The van der Waals surface area contributed by atoms with Crippen molar-refractivity contribution in [3.63, 3.8) is 0 Å². The van der Waals surface area contributed by atoms with Crippen molar-refractivity contribution >= 4 is 27.0 Å². The van der Waals surface area contributed by atoms with E-state index in [2.05, 4.69) is 20.9 Å². The van der Waals surface area contributed by atoms with Crippen LogP contribution in [0.3, 0.4) is 0 Å². The molecule has 0 saturated heterocycles. The molecule has 0 amide bonds. The van der Waals surface area contributed by atoms with Crippen molar-refractivity contribution in [1.29, 1.82) is 0 Å². The number of hydrogen-bond acceptors (Lipinski definition) is 2. The van der Waals surface area contributed by atoms with E-state index in [1.54, 1.807) is 19.2 Å². The second-order valence-corrected chi connectivity index (χ2v) is 4.13. The third kappa shape index (κ3) is 1.57. The number of nitrogens with zero attached hydrogens (tertiary/aromatic N) is 2. The van der Waals surface area contributed by atoms with E-state index in [0.29, 0.717) is 21.3 Å². The maximum absolute atomic E-state index is 12.7. The summed E-state index contributed by atoms with van der Waals surface area (Å²) in [6.07, 6.45) is -2.60. The number of aryl methyl sites for hydroxylation is 1. The first-order valence-electron chi connectivity index (χ1n) is 4.53. The molecule has 0 unspecified atom stereocenters. The predicted octanol–water partition coefficient (Wildman–Crippen LogP) is 3.28.